The lowest BCUT2D eigenvalue weighted by atomic mass is 9.96. The molecule has 3 rings (SSSR count). The molecule has 0 spiro atoms. The van der Waals surface area contributed by atoms with Crippen LogP contribution in [0.1, 0.15) is 251 Å². The molecule has 98 heavy (non-hydrogen) atoms. The highest BCUT2D eigenvalue weighted by Crippen LogP contribution is 2.33. The van der Waals surface area contributed by atoms with Crippen molar-refractivity contribution in [1.29, 1.82) is 0 Å². The van der Waals surface area contributed by atoms with Crippen molar-refractivity contribution in [3.8, 4) is 0 Å². The average Bonchev–Trinajstić information content (AvgIpc) is 0.785. The van der Waals surface area contributed by atoms with Crippen LogP contribution in [-0.4, -0.2) is 193 Å². The monoisotopic (exact) mass is 1390 g/mol. The number of carbonyl (C=O) groups excluding carboxylic acids is 1. The largest absolute Gasteiger partial charge is 0.394 e. The number of aliphatic hydroxyl groups excluding tert-OH is 11. The Kier molecular flexibility index (Phi) is 53.3. The quantitative estimate of drug-likeness (QED) is 0.0199. The Morgan fingerprint density at radius 3 is 1.10 bits per heavy atom. The van der Waals surface area contributed by atoms with E-state index in [0.29, 0.717) is 6.42 Å². The lowest BCUT2D eigenvalue weighted by molar-refractivity contribution is -0.379. The Balaban J connectivity index is 1.43. The van der Waals surface area contributed by atoms with Gasteiger partial charge in [0.05, 0.1) is 38.6 Å². The van der Waals surface area contributed by atoms with Crippen LogP contribution >= 0.6 is 0 Å². The highest BCUT2D eigenvalue weighted by atomic mass is 16.8. The summed E-state index contributed by atoms with van der Waals surface area (Å²) >= 11 is 0. The van der Waals surface area contributed by atoms with Gasteiger partial charge in [0.15, 0.2) is 18.9 Å². The number of unbranched alkanes of at least 4 members (excludes halogenated alkanes) is 26. The molecule has 3 heterocycles. The summed E-state index contributed by atoms with van der Waals surface area (Å²) in [6.45, 7) is 1.60. The topological polar surface area (TPSA) is 307 Å². The molecule has 3 fully saturated rings. The maximum absolute atomic E-state index is 13.4. The van der Waals surface area contributed by atoms with E-state index in [0.717, 1.165) is 89.9 Å². The molecule has 0 aliphatic carbocycles. The maximum Gasteiger partial charge on any atom is 0.220 e. The van der Waals surface area contributed by atoms with Crippen LogP contribution in [-0.2, 0) is 33.2 Å². The zero-order valence-corrected chi connectivity index (χ0v) is 60.0. The molecule has 0 aromatic rings. The van der Waals surface area contributed by atoms with E-state index in [1.165, 1.54) is 135 Å². The van der Waals surface area contributed by atoms with Gasteiger partial charge in [-0.15, -0.1) is 0 Å². The molecule has 0 aromatic heterocycles. The van der Waals surface area contributed by atoms with Crippen molar-refractivity contribution in [2.24, 2.45) is 0 Å². The molecular formula is C79H135NO18. The lowest BCUT2D eigenvalue weighted by Crippen LogP contribution is -2.66. The Morgan fingerprint density at radius 2 is 0.704 bits per heavy atom. The fraction of sp³-hybridized carbons (Fsp3) is 0.759. The first-order valence-corrected chi connectivity index (χ1v) is 38.1. The molecule has 0 radical (unpaired) electrons. The number of hydrogen-bond donors (Lipinski definition) is 12. The minimum absolute atomic E-state index is 0.181. The van der Waals surface area contributed by atoms with Crippen LogP contribution < -0.4 is 5.32 Å². The van der Waals surface area contributed by atoms with Crippen LogP contribution in [0.25, 0.3) is 0 Å². The summed E-state index contributed by atoms with van der Waals surface area (Å²) in [6.07, 6.45) is 53.5. The number of ether oxygens (including phenoxy) is 6. The summed E-state index contributed by atoms with van der Waals surface area (Å²) in [7, 11) is 0. The van der Waals surface area contributed by atoms with Crippen LogP contribution in [0.15, 0.2) is 109 Å². The molecule has 3 aliphatic rings. The van der Waals surface area contributed by atoms with Gasteiger partial charge >= 0.3 is 0 Å². The van der Waals surface area contributed by atoms with E-state index in [1.54, 1.807) is 6.08 Å². The van der Waals surface area contributed by atoms with Gasteiger partial charge in [0.25, 0.3) is 0 Å². The van der Waals surface area contributed by atoms with Gasteiger partial charge < -0.3 is 89.9 Å². The van der Waals surface area contributed by atoms with Gasteiger partial charge in [-0.2, -0.15) is 0 Å². The lowest BCUT2D eigenvalue weighted by Gasteiger charge is -2.48. The van der Waals surface area contributed by atoms with Crippen molar-refractivity contribution in [3.63, 3.8) is 0 Å². The number of rotatable bonds is 58. The van der Waals surface area contributed by atoms with Gasteiger partial charge in [0, 0.05) is 6.42 Å². The number of amides is 1. The molecule has 17 atom stereocenters. The van der Waals surface area contributed by atoms with Crippen molar-refractivity contribution >= 4 is 5.91 Å². The molecule has 3 saturated heterocycles. The SMILES string of the molecule is CC/C=C\C/C=C\C/C=C\C/C=C\C/C=C\C/C=C\C/C=C\C/C=C\CCCCC(=O)NC(COC1OC(CO)C(OC2OC(CO)C(OC3OC(CO)C(O)C(O)C3O)C(O)C2O)C(O)C1O)C(O)/C=C/CCCCCCCCCCCCCCCCCCCCCCCCCC. The third-order valence-electron chi connectivity index (χ3n) is 18.3. The molecule has 0 bridgehead atoms. The number of nitrogens with one attached hydrogen (secondary N) is 1. The molecular weight excluding hydrogens is 1250 g/mol. The van der Waals surface area contributed by atoms with E-state index < -0.39 is 124 Å². The van der Waals surface area contributed by atoms with Gasteiger partial charge in [0.2, 0.25) is 5.91 Å². The third kappa shape index (κ3) is 39.2. The Morgan fingerprint density at radius 1 is 0.378 bits per heavy atom. The molecule has 3 aliphatic heterocycles. The Hall–Kier alpha value is -3.55. The molecule has 1 amide bonds. The highest BCUT2D eigenvalue weighted by molar-refractivity contribution is 5.76. The Labute approximate surface area is 589 Å². The smallest absolute Gasteiger partial charge is 0.220 e. The van der Waals surface area contributed by atoms with Crippen LogP contribution in [0.3, 0.4) is 0 Å². The minimum atomic E-state index is -1.99. The zero-order valence-electron chi connectivity index (χ0n) is 60.0. The van der Waals surface area contributed by atoms with Crippen LogP contribution in [0.2, 0.25) is 0 Å². The van der Waals surface area contributed by atoms with E-state index in [-0.39, 0.29) is 18.9 Å². The van der Waals surface area contributed by atoms with Crippen molar-refractivity contribution in [2.75, 3.05) is 26.4 Å². The minimum Gasteiger partial charge on any atom is -0.394 e. The number of aliphatic hydroxyl groups is 11. The molecule has 19 nitrogen and oxygen atoms in total. The fourth-order valence-corrected chi connectivity index (χ4v) is 12.2. The number of carbonyl (C=O) groups is 1. The second-order valence-corrected chi connectivity index (χ2v) is 26.7. The van der Waals surface area contributed by atoms with Crippen molar-refractivity contribution in [1.82, 2.24) is 5.32 Å². The molecule has 19 heteroatoms. The second kappa shape index (κ2) is 58.9. The summed E-state index contributed by atoms with van der Waals surface area (Å²) in [5.74, 6) is -0.320. The second-order valence-electron chi connectivity index (χ2n) is 26.7. The molecule has 17 unspecified atom stereocenters. The highest BCUT2D eigenvalue weighted by Gasteiger charge is 2.53. The molecule has 0 saturated carbocycles. The van der Waals surface area contributed by atoms with Crippen molar-refractivity contribution in [3.05, 3.63) is 109 Å². The predicted octanol–water partition coefficient (Wildman–Crippen LogP) is 11.8. The van der Waals surface area contributed by atoms with E-state index in [4.69, 9.17) is 28.4 Å². The van der Waals surface area contributed by atoms with Gasteiger partial charge in [-0.1, -0.05) is 271 Å². The standard InChI is InChI=1S/C79H135NO18/c1-3-5-7-9-11-13-15-17-19-21-23-25-27-29-31-33-35-37-39-41-43-45-47-49-51-53-55-57-67(85)80-62(63(84)56-54-52-50-48-46-44-42-40-38-36-34-32-30-28-26-24-22-20-18-16-14-12-10-8-6-4-2)61-93-77-73(91)70(88)75(65(59-82)95-77)98-79-74(92)71(89)76(66(60-83)96-79)97-78-72(90)69(87)68(86)64(58-81)94-78/h5,7,11,13,17,19,23,25,29,31,35,37,41,43,47,49,54,56,62-66,68-79,81-84,86-92H,3-4,6,8-10,12,14-16,18,20-22,24,26-28,30,32-34,36,38-40,42,44-46,48,50-53,55,57-61H2,1-2H3,(H,80,85)/b7-5-,13-11-,19-17-,25-23-,31-29-,37-35-,43-41-,49-47-,56-54+. The van der Waals surface area contributed by atoms with E-state index >= 15 is 0 Å². The summed E-state index contributed by atoms with van der Waals surface area (Å²) in [5, 5.41) is 121. The van der Waals surface area contributed by atoms with Crippen LogP contribution in [0, 0.1) is 0 Å². The average molecular weight is 1390 g/mol. The zero-order chi connectivity index (χ0) is 71.1. The van der Waals surface area contributed by atoms with Gasteiger partial charge in [-0.05, 0) is 83.5 Å². The third-order valence-corrected chi connectivity index (χ3v) is 18.3. The van der Waals surface area contributed by atoms with E-state index in [9.17, 15) is 61.0 Å². The first kappa shape index (κ1) is 88.7. The molecule has 12 N–H and O–H groups in total. The van der Waals surface area contributed by atoms with Gasteiger partial charge in [-0.25, -0.2) is 0 Å². The van der Waals surface area contributed by atoms with E-state index in [1.807, 2.05) is 6.08 Å². The maximum atomic E-state index is 13.4. The summed E-state index contributed by atoms with van der Waals surface area (Å²) in [5.41, 5.74) is 0. The molecule has 564 valence electrons. The summed E-state index contributed by atoms with van der Waals surface area (Å²) in [4.78, 5) is 13.4. The molecule has 0 aromatic carbocycles. The normalized spacial score (nSPS) is 27.4. The van der Waals surface area contributed by atoms with Gasteiger partial charge in [-0.3, -0.25) is 4.79 Å². The summed E-state index contributed by atoms with van der Waals surface area (Å²) in [6, 6.07) is -1.01. The first-order chi connectivity index (χ1) is 47.8. The predicted molar refractivity (Wildman–Crippen MR) is 387 cm³/mol. The van der Waals surface area contributed by atoms with Crippen molar-refractivity contribution < 1.29 is 89.4 Å². The van der Waals surface area contributed by atoms with Crippen LogP contribution in [0.4, 0.5) is 0 Å². The fourth-order valence-electron chi connectivity index (χ4n) is 12.2. The summed E-state index contributed by atoms with van der Waals surface area (Å²) < 4.78 is 34.4. The Bertz CT molecular complexity index is 2200. The number of hydrogen-bond acceptors (Lipinski definition) is 18. The van der Waals surface area contributed by atoms with Gasteiger partial charge in [0.1, 0.15) is 73.2 Å². The first-order valence-electron chi connectivity index (χ1n) is 38.1. The van der Waals surface area contributed by atoms with Crippen molar-refractivity contribution in [2.45, 2.75) is 356 Å². The van der Waals surface area contributed by atoms with Crippen LogP contribution in [0.5, 0.6) is 0 Å². The number of allylic oxidation sites excluding steroid dienone is 17. The van der Waals surface area contributed by atoms with E-state index in [2.05, 4.69) is 116 Å².